The lowest BCUT2D eigenvalue weighted by Gasteiger charge is -2.14. The molecule has 2 aromatic rings. The maximum atomic E-state index is 11.8. The molecule has 1 atom stereocenters. The number of carbonyl (C=O) groups excluding carboxylic acids is 1. The Bertz CT molecular complexity index is 596. The molecule has 3 N–H and O–H groups in total. The molecule has 6 nitrogen and oxygen atoms in total. The summed E-state index contributed by atoms with van der Waals surface area (Å²) in [7, 11) is 0. The van der Waals surface area contributed by atoms with Crippen LogP contribution in [0.15, 0.2) is 35.1 Å². The molecule has 0 fully saturated rings. The van der Waals surface area contributed by atoms with E-state index in [2.05, 4.69) is 15.6 Å². The number of urea groups is 1. The molecule has 0 saturated carbocycles. The highest BCUT2D eigenvalue weighted by Gasteiger charge is 2.10. The van der Waals surface area contributed by atoms with Crippen LogP contribution in [-0.2, 0) is 0 Å². The first kappa shape index (κ1) is 15.1. The third kappa shape index (κ3) is 4.06. The van der Waals surface area contributed by atoms with Crippen LogP contribution in [0.3, 0.4) is 0 Å². The van der Waals surface area contributed by atoms with E-state index >= 15 is 0 Å². The third-order valence-electron chi connectivity index (χ3n) is 3.10. The predicted molar refractivity (Wildman–Crippen MR) is 80.0 cm³/mol. The Hall–Kier alpha value is -2.34. The normalized spacial score (nSPS) is 12.0. The first-order valence-corrected chi connectivity index (χ1v) is 6.79. The van der Waals surface area contributed by atoms with Gasteiger partial charge in [0.05, 0.1) is 6.20 Å². The fourth-order valence-corrected chi connectivity index (χ4v) is 1.94. The van der Waals surface area contributed by atoms with Crippen LogP contribution in [0.4, 0.5) is 10.5 Å². The minimum atomic E-state index is -0.307. The van der Waals surface area contributed by atoms with Crippen LogP contribution in [0.25, 0.3) is 11.5 Å². The van der Waals surface area contributed by atoms with Gasteiger partial charge in [-0.2, -0.15) is 0 Å². The molecular weight excluding hydrogens is 270 g/mol. The Morgan fingerprint density at radius 2 is 2.29 bits per heavy atom. The number of hydrogen-bond acceptors (Lipinski definition) is 4. The van der Waals surface area contributed by atoms with E-state index in [-0.39, 0.29) is 18.7 Å². The number of aromatic nitrogens is 1. The van der Waals surface area contributed by atoms with Crippen molar-refractivity contribution in [2.75, 3.05) is 11.9 Å². The summed E-state index contributed by atoms with van der Waals surface area (Å²) in [4.78, 5) is 16.0. The number of rotatable bonds is 5. The number of anilines is 1. The van der Waals surface area contributed by atoms with E-state index in [1.807, 2.05) is 32.0 Å². The summed E-state index contributed by atoms with van der Waals surface area (Å²) >= 11 is 0. The van der Waals surface area contributed by atoms with Crippen LogP contribution in [0.5, 0.6) is 0 Å². The molecule has 0 aliphatic heterocycles. The zero-order chi connectivity index (χ0) is 15.2. The average molecular weight is 289 g/mol. The SMILES string of the molecule is Cc1ccc(NC(=O)N[C@H](C)CCO)cc1-c1ncco1. The van der Waals surface area contributed by atoms with Crippen LogP contribution in [-0.4, -0.2) is 28.8 Å². The molecule has 0 bridgehead atoms. The summed E-state index contributed by atoms with van der Waals surface area (Å²) in [5, 5.41) is 14.3. The number of amides is 2. The van der Waals surface area contributed by atoms with Crippen LogP contribution in [0.2, 0.25) is 0 Å². The summed E-state index contributed by atoms with van der Waals surface area (Å²) < 4.78 is 5.29. The largest absolute Gasteiger partial charge is 0.445 e. The number of benzene rings is 1. The highest BCUT2D eigenvalue weighted by atomic mass is 16.3. The Labute approximate surface area is 123 Å². The number of nitrogens with one attached hydrogen (secondary N) is 2. The van der Waals surface area contributed by atoms with Gasteiger partial charge in [-0.05, 0) is 38.0 Å². The second-order valence-corrected chi connectivity index (χ2v) is 4.88. The molecule has 112 valence electrons. The number of oxazole rings is 1. The lowest BCUT2D eigenvalue weighted by molar-refractivity contribution is 0.241. The van der Waals surface area contributed by atoms with Crippen molar-refractivity contribution in [1.29, 1.82) is 0 Å². The van der Waals surface area contributed by atoms with Gasteiger partial charge in [0.2, 0.25) is 5.89 Å². The lowest BCUT2D eigenvalue weighted by atomic mass is 10.1. The summed E-state index contributed by atoms with van der Waals surface area (Å²) in [5.41, 5.74) is 2.50. The van der Waals surface area contributed by atoms with Gasteiger partial charge in [0.1, 0.15) is 6.26 Å². The molecule has 2 rings (SSSR count). The predicted octanol–water partition coefficient (Wildman–Crippen LogP) is 2.54. The Morgan fingerprint density at radius 3 is 2.95 bits per heavy atom. The fraction of sp³-hybridized carbons (Fsp3) is 0.333. The first-order chi connectivity index (χ1) is 10.1. The number of aryl methyl sites for hydroxylation is 1. The van der Waals surface area contributed by atoms with Crippen molar-refractivity contribution in [3.05, 3.63) is 36.2 Å². The van der Waals surface area contributed by atoms with Crippen LogP contribution >= 0.6 is 0 Å². The zero-order valence-corrected chi connectivity index (χ0v) is 12.1. The number of aliphatic hydroxyl groups is 1. The van der Waals surface area contributed by atoms with Gasteiger partial charge in [-0.1, -0.05) is 6.07 Å². The zero-order valence-electron chi connectivity index (χ0n) is 12.1. The molecule has 1 aromatic carbocycles. The topological polar surface area (TPSA) is 87.4 Å². The van der Waals surface area contributed by atoms with Gasteiger partial charge in [0, 0.05) is 23.9 Å². The minimum absolute atomic E-state index is 0.0420. The molecule has 6 heteroatoms. The number of nitrogens with zero attached hydrogens (tertiary/aromatic N) is 1. The van der Waals surface area contributed by atoms with Gasteiger partial charge >= 0.3 is 6.03 Å². The fourth-order valence-electron chi connectivity index (χ4n) is 1.94. The van der Waals surface area contributed by atoms with E-state index in [9.17, 15) is 4.79 Å². The quantitative estimate of drug-likeness (QED) is 0.789. The molecule has 0 saturated heterocycles. The standard InChI is InChI=1S/C15H19N3O3/c1-10-3-4-12(9-13(10)14-16-6-8-21-14)18-15(20)17-11(2)5-7-19/h3-4,6,8-9,11,19H,5,7H2,1-2H3,(H2,17,18,20)/t11-/m1/s1. The molecule has 21 heavy (non-hydrogen) atoms. The van der Waals surface area contributed by atoms with E-state index in [4.69, 9.17) is 9.52 Å². The number of carbonyl (C=O) groups is 1. The summed E-state index contributed by atoms with van der Waals surface area (Å²) in [6, 6.07) is 5.13. The van der Waals surface area contributed by atoms with Crippen LogP contribution in [0.1, 0.15) is 18.9 Å². The van der Waals surface area contributed by atoms with Gasteiger partial charge in [-0.3, -0.25) is 0 Å². The highest BCUT2D eigenvalue weighted by molar-refractivity contribution is 5.90. The number of aliphatic hydroxyl groups excluding tert-OH is 1. The van der Waals surface area contributed by atoms with Crippen LogP contribution < -0.4 is 10.6 Å². The van der Waals surface area contributed by atoms with E-state index in [1.54, 1.807) is 6.20 Å². The van der Waals surface area contributed by atoms with Gasteiger partial charge in [-0.25, -0.2) is 9.78 Å². The monoisotopic (exact) mass is 289 g/mol. The van der Waals surface area contributed by atoms with Gasteiger partial charge in [0.15, 0.2) is 0 Å². The maximum absolute atomic E-state index is 11.8. The van der Waals surface area contributed by atoms with Crippen molar-refractivity contribution in [2.45, 2.75) is 26.3 Å². The van der Waals surface area contributed by atoms with E-state index in [0.29, 0.717) is 18.0 Å². The first-order valence-electron chi connectivity index (χ1n) is 6.79. The molecule has 2 amide bonds. The maximum Gasteiger partial charge on any atom is 0.319 e. The molecule has 1 aromatic heterocycles. The van der Waals surface area contributed by atoms with E-state index in [1.165, 1.54) is 6.26 Å². The highest BCUT2D eigenvalue weighted by Crippen LogP contribution is 2.25. The molecule has 0 aliphatic rings. The van der Waals surface area contributed by atoms with Crippen molar-refractivity contribution in [2.24, 2.45) is 0 Å². The third-order valence-corrected chi connectivity index (χ3v) is 3.10. The molecule has 0 aliphatic carbocycles. The summed E-state index contributed by atoms with van der Waals surface area (Å²) in [5.74, 6) is 0.519. The molecule has 1 heterocycles. The smallest absolute Gasteiger partial charge is 0.319 e. The Balaban J connectivity index is 2.08. The van der Waals surface area contributed by atoms with Gasteiger partial charge < -0.3 is 20.2 Å². The second-order valence-electron chi connectivity index (χ2n) is 4.88. The Morgan fingerprint density at radius 1 is 1.48 bits per heavy atom. The summed E-state index contributed by atoms with van der Waals surface area (Å²) in [6.07, 6.45) is 3.61. The number of hydrogen-bond donors (Lipinski definition) is 3. The van der Waals surface area contributed by atoms with Gasteiger partial charge in [-0.15, -0.1) is 0 Å². The average Bonchev–Trinajstić information content (AvgIpc) is 2.95. The molecular formula is C15H19N3O3. The Kier molecular flexibility index (Phi) is 4.94. The van der Waals surface area contributed by atoms with E-state index in [0.717, 1.165) is 11.1 Å². The van der Waals surface area contributed by atoms with Gasteiger partial charge in [0.25, 0.3) is 0 Å². The van der Waals surface area contributed by atoms with Crippen molar-refractivity contribution in [1.82, 2.24) is 10.3 Å². The van der Waals surface area contributed by atoms with Crippen molar-refractivity contribution >= 4 is 11.7 Å². The second kappa shape index (κ2) is 6.90. The van der Waals surface area contributed by atoms with Crippen LogP contribution in [0, 0.1) is 6.92 Å². The minimum Gasteiger partial charge on any atom is -0.445 e. The van der Waals surface area contributed by atoms with Crippen molar-refractivity contribution in [3.63, 3.8) is 0 Å². The summed E-state index contributed by atoms with van der Waals surface area (Å²) in [6.45, 7) is 3.83. The lowest BCUT2D eigenvalue weighted by Crippen LogP contribution is -2.36. The molecule has 0 unspecified atom stereocenters. The van der Waals surface area contributed by atoms with Crippen molar-refractivity contribution < 1.29 is 14.3 Å². The molecule has 0 spiro atoms. The van der Waals surface area contributed by atoms with Crippen molar-refractivity contribution in [3.8, 4) is 11.5 Å². The van der Waals surface area contributed by atoms with E-state index < -0.39 is 0 Å². The molecule has 0 radical (unpaired) electrons.